The van der Waals surface area contributed by atoms with Crippen molar-refractivity contribution >= 4 is 27.7 Å². The molecule has 0 aliphatic rings. The Bertz CT molecular complexity index is 371. The first-order valence-corrected chi connectivity index (χ1v) is 8.80. The molecule has 19 heavy (non-hydrogen) atoms. The Kier molecular flexibility index (Phi) is 8.58. The molecule has 0 fully saturated rings. The standard InChI is InChI=1S/C15H24BrNOS/c1-4-19-9-5-8-18-14-6-7-15(16)13(10-14)11-17-12(2)3/h6-7,10,12,17H,4-5,8-9,11H2,1-3H3. The van der Waals surface area contributed by atoms with Gasteiger partial charge in [0.2, 0.25) is 0 Å². The monoisotopic (exact) mass is 345 g/mol. The van der Waals surface area contributed by atoms with Crippen LogP contribution in [0.2, 0.25) is 0 Å². The fourth-order valence-corrected chi connectivity index (χ4v) is 2.58. The fourth-order valence-electron chi connectivity index (χ4n) is 1.59. The van der Waals surface area contributed by atoms with Gasteiger partial charge in [-0.15, -0.1) is 0 Å². The molecule has 0 heterocycles. The van der Waals surface area contributed by atoms with Gasteiger partial charge >= 0.3 is 0 Å². The predicted octanol–water partition coefficient (Wildman–Crippen LogP) is 4.47. The summed E-state index contributed by atoms with van der Waals surface area (Å²) in [6.07, 6.45) is 1.11. The molecule has 0 amide bonds. The minimum atomic E-state index is 0.488. The molecule has 1 N–H and O–H groups in total. The van der Waals surface area contributed by atoms with Gasteiger partial charge in [0.15, 0.2) is 0 Å². The first-order valence-electron chi connectivity index (χ1n) is 6.85. The fraction of sp³-hybridized carbons (Fsp3) is 0.600. The molecular formula is C15H24BrNOS. The zero-order chi connectivity index (χ0) is 14.1. The third-order valence-electron chi connectivity index (χ3n) is 2.62. The van der Waals surface area contributed by atoms with Gasteiger partial charge in [0.1, 0.15) is 5.75 Å². The zero-order valence-electron chi connectivity index (χ0n) is 12.0. The van der Waals surface area contributed by atoms with E-state index in [4.69, 9.17) is 4.74 Å². The summed E-state index contributed by atoms with van der Waals surface area (Å²) in [6.45, 7) is 8.15. The molecule has 0 aliphatic heterocycles. The Balaban J connectivity index is 2.43. The van der Waals surface area contributed by atoms with Crippen molar-refractivity contribution in [3.63, 3.8) is 0 Å². The summed E-state index contributed by atoms with van der Waals surface area (Å²) in [4.78, 5) is 0. The van der Waals surface area contributed by atoms with Gasteiger partial charge in [-0.05, 0) is 41.7 Å². The van der Waals surface area contributed by atoms with Crippen molar-refractivity contribution in [1.29, 1.82) is 0 Å². The van der Waals surface area contributed by atoms with Gasteiger partial charge in [-0.2, -0.15) is 11.8 Å². The van der Waals surface area contributed by atoms with Crippen LogP contribution in [0.3, 0.4) is 0 Å². The summed E-state index contributed by atoms with van der Waals surface area (Å²) in [5, 5.41) is 3.42. The van der Waals surface area contributed by atoms with Gasteiger partial charge in [-0.1, -0.05) is 36.7 Å². The third-order valence-corrected chi connectivity index (χ3v) is 4.38. The molecule has 108 valence electrons. The number of halogens is 1. The highest BCUT2D eigenvalue weighted by Gasteiger charge is 2.03. The molecule has 0 aliphatic carbocycles. The maximum absolute atomic E-state index is 5.79. The minimum absolute atomic E-state index is 0.488. The molecule has 0 radical (unpaired) electrons. The van der Waals surface area contributed by atoms with Gasteiger partial charge in [0, 0.05) is 17.1 Å². The largest absolute Gasteiger partial charge is 0.494 e. The molecule has 1 aromatic rings. The molecular weight excluding hydrogens is 322 g/mol. The summed E-state index contributed by atoms with van der Waals surface area (Å²) in [5.74, 6) is 3.32. The summed E-state index contributed by atoms with van der Waals surface area (Å²) >= 11 is 5.55. The van der Waals surface area contributed by atoms with Crippen molar-refractivity contribution in [2.24, 2.45) is 0 Å². The molecule has 0 saturated heterocycles. The lowest BCUT2D eigenvalue weighted by molar-refractivity contribution is 0.318. The van der Waals surface area contributed by atoms with Crippen molar-refractivity contribution in [2.75, 3.05) is 18.1 Å². The topological polar surface area (TPSA) is 21.3 Å². The number of thioether (sulfide) groups is 1. The van der Waals surface area contributed by atoms with Crippen molar-refractivity contribution in [3.05, 3.63) is 28.2 Å². The quantitative estimate of drug-likeness (QED) is 0.667. The van der Waals surface area contributed by atoms with E-state index in [1.165, 1.54) is 17.1 Å². The van der Waals surface area contributed by atoms with E-state index in [2.05, 4.69) is 54.2 Å². The lowest BCUT2D eigenvalue weighted by Gasteiger charge is -2.12. The van der Waals surface area contributed by atoms with Crippen LogP contribution in [0, 0.1) is 0 Å². The van der Waals surface area contributed by atoms with Crippen LogP contribution in [0.15, 0.2) is 22.7 Å². The van der Waals surface area contributed by atoms with Crippen LogP contribution in [0.4, 0.5) is 0 Å². The zero-order valence-corrected chi connectivity index (χ0v) is 14.4. The van der Waals surface area contributed by atoms with Gasteiger partial charge in [0.25, 0.3) is 0 Å². The van der Waals surface area contributed by atoms with E-state index in [9.17, 15) is 0 Å². The Labute approximate surface area is 129 Å². The molecule has 0 saturated carbocycles. The summed E-state index contributed by atoms with van der Waals surface area (Å²) in [5.41, 5.74) is 1.24. The van der Waals surface area contributed by atoms with Crippen molar-refractivity contribution in [3.8, 4) is 5.75 Å². The SMILES string of the molecule is CCSCCCOc1ccc(Br)c(CNC(C)C)c1. The lowest BCUT2D eigenvalue weighted by atomic mass is 10.2. The average Bonchev–Trinajstić information content (AvgIpc) is 2.38. The summed E-state index contributed by atoms with van der Waals surface area (Å²) in [7, 11) is 0. The Morgan fingerprint density at radius 3 is 2.84 bits per heavy atom. The van der Waals surface area contributed by atoms with Gasteiger partial charge < -0.3 is 10.1 Å². The number of ether oxygens (including phenoxy) is 1. The molecule has 0 bridgehead atoms. The van der Waals surface area contributed by atoms with Crippen LogP contribution in [0.5, 0.6) is 5.75 Å². The minimum Gasteiger partial charge on any atom is -0.494 e. The van der Waals surface area contributed by atoms with E-state index < -0.39 is 0 Å². The number of benzene rings is 1. The average molecular weight is 346 g/mol. The van der Waals surface area contributed by atoms with E-state index in [-0.39, 0.29) is 0 Å². The highest BCUT2D eigenvalue weighted by Crippen LogP contribution is 2.23. The number of rotatable bonds is 9. The van der Waals surface area contributed by atoms with Crippen molar-refractivity contribution in [1.82, 2.24) is 5.32 Å². The molecule has 1 aromatic carbocycles. The maximum atomic E-state index is 5.79. The van der Waals surface area contributed by atoms with Crippen LogP contribution >= 0.6 is 27.7 Å². The Morgan fingerprint density at radius 2 is 2.16 bits per heavy atom. The van der Waals surface area contributed by atoms with E-state index in [0.717, 1.165) is 29.8 Å². The Morgan fingerprint density at radius 1 is 1.37 bits per heavy atom. The second-order valence-electron chi connectivity index (χ2n) is 4.69. The molecule has 4 heteroatoms. The summed E-state index contributed by atoms with van der Waals surface area (Å²) < 4.78 is 6.93. The van der Waals surface area contributed by atoms with Gasteiger partial charge in [0.05, 0.1) is 6.61 Å². The molecule has 0 unspecified atom stereocenters. The van der Waals surface area contributed by atoms with E-state index >= 15 is 0 Å². The van der Waals surface area contributed by atoms with Gasteiger partial charge in [-0.3, -0.25) is 0 Å². The molecule has 0 spiro atoms. The highest BCUT2D eigenvalue weighted by molar-refractivity contribution is 9.10. The number of hydrogen-bond acceptors (Lipinski definition) is 3. The van der Waals surface area contributed by atoms with Crippen LogP contribution in [0.1, 0.15) is 32.8 Å². The predicted molar refractivity (Wildman–Crippen MR) is 89.2 cm³/mol. The van der Waals surface area contributed by atoms with Crippen molar-refractivity contribution in [2.45, 2.75) is 39.8 Å². The lowest BCUT2D eigenvalue weighted by Crippen LogP contribution is -2.22. The van der Waals surface area contributed by atoms with Crippen LogP contribution < -0.4 is 10.1 Å². The third kappa shape index (κ3) is 7.23. The van der Waals surface area contributed by atoms with E-state index in [1.807, 2.05) is 17.8 Å². The Hall–Kier alpha value is -0.190. The molecule has 1 rings (SSSR count). The van der Waals surface area contributed by atoms with Gasteiger partial charge in [-0.25, -0.2) is 0 Å². The number of hydrogen-bond donors (Lipinski definition) is 1. The highest BCUT2D eigenvalue weighted by atomic mass is 79.9. The second kappa shape index (κ2) is 9.67. The summed E-state index contributed by atoms with van der Waals surface area (Å²) in [6, 6.07) is 6.69. The first kappa shape index (κ1) is 16.9. The number of nitrogens with one attached hydrogen (secondary N) is 1. The maximum Gasteiger partial charge on any atom is 0.119 e. The van der Waals surface area contributed by atoms with E-state index in [1.54, 1.807) is 0 Å². The normalized spacial score (nSPS) is 11.0. The molecule has 0 atom stereocenters. The first-order chi connectivity index (χ1) is 9.13. The van der Waals surface area contributed by atoms with Crippen LogP contribution in [-0.4, -0.2) is 24.2 Å². The van der Waals surface area contributed by atoms with E-state index in [0.29, 0.717) is 6.04 Å². The van der Waals surface area contributed by atoms with Crippen LogP contribution in [-0.2, 0) is 6.54 Å². The molecule has 0 aromatic heterocycles. The second-order valence-corrected chi connectivity index (χ2v) is 6.94. The molecule has 2 nitrogen and oxygen atoms in total. The smallest absolute Gasteiger partial charge is 0.119 e. The van der Waals surface area contributed by atoms with Crippen molar-refractivity contribution < 1.29 is 4.74 Å². The van der Waals surface area contributed by atoms with Crippen LogP contribution in [0.25, 0.3) is 0 Å².